The van der Waals surface area contributed by atoms with Crippen molar-refractivity contribution < 1.29 is 9.84 Å². The lowest BCUT2D eigenvalue weighted by Gasteiger charge is -2.31. The molecule has 1 N–H and O–H groups in total. The second-order valence-electron chi connectivity index (χ2n) is 5.38. The molecule has 0 spiro atoms. The van der Waals surface area contributed by atoms with Crippen molar-refractivity contribution in [2.24, 2.45) is 0 Å². The molecule has 106 valence electrons. The fourth-order valence-corrected chi connectivity index (χ4v) is 3.78. The summed E-state index contributed by atoms with van der Waals surface area (Å²) >= 11 is 1.67. The van der Waals surface area contributed by atoms with E-state index in [1.54, 1.807) is 11.3 Å². The van der Waals surface area contributed by atoms with E-state index in [1.807, 2.05) is 0 Å². The maximum absolute atomic E-state index is 9.45. The Morgan fingerprint density at radius 2 is 2.05 bits per heavy atom. The van der Waals surface area contributed by atoms with Gasteiger partial charge in [0.15, 0.2) is 5.13 Å². The zero-order valence-corrected chi connectivity index (χ0v) is 12.3. The third-order valence-corrected chi connectivity index (χ3v) is 5.06. The van der Waals surface area contributed by atoms with Crippen LogP contribution >= 0.6 is 11.3 Å². The molecule has 0 radical (unpaired) electrons. The van der Waals surface area contributed by atoms with Crippen molar-refractivity contribution in [2.75, 3.05) is 24.6 Å². The lowest BCUT2D eigenvalue weighted by molar-refractivity contribution is 0.0459. The average molecular weight is 282 g/mol. The van der Waals surface area contributed by atoms with E-state index in [1.165, 1.54) is 12.8 Å². The molecule has 4 nitrogen and oxygen atoms in total. The summed E-state index contributed by atoms with van der Waals surface area (Å²) < 4.78 is 5.68. The number of thiazole rings is 1. The van der Waals surface area contributed by atoms with Crippen molar-refractivity contribution in [3.8, 4) is 0 Å². The van der Waals surface area contributed by atoms with Gasteiger partial charge in [0.1, 0.15) is 0 Å². The van der Waals surface area contributed by atoms with E-state index in [4.69, 9.17) is 9.72 Å². The molecule has 0 atom stereocenters. The number of piperidine rings is 1. The van der Waals surface area contributed by atoms with Gasteiger partial charge in [0.2, 0.25) is 0 Å². The normalized spacial score (nSPS) is 21.1. The van der Waals surface area contributed by atoms with E-state index in [9.17, 15) is 5.11 Å². The molecule has 1 aliphatic carbocycles. The maximum Gasteiger partial charge on any atom is 0.185 e. The Morgan fingerprint density at radius 1 is 1.32 bits per heavy atom. The monoisotopic (exact) mass is 282 g/mol. The topological polar surface area (TPSA) is 45.6 Å². The summed E-state index contributed by atoms with van der Waals surface area (Å²) in [5.74, 6) is 0.619. The number of nitrogens with zero attached hydrogens (tertiary/aromatic N) is 2. The standard InChI is InChI=1S/C14H22N2O2S/c1-2-18-11-5-7-16(8-6-11)14-15-13(10-3-4-10)12(9-17)19-14/h10-11,17H,2-9H2,1H3. The predicted octanol–water partition coefficient (Wildman–Crippen LogP) is 2.52. The molecule has 19 heavy (non-hydrogen) atoms. The Bertz CT molecular complexity index is 423. The van der Waals surface area contributed by atoms with Gasteiger partial charge < -0.3 is 14.7 Å². The van der Waals surface area contributed by atoms with Crippen LogP contribution in [0.3, 0.4) is 0 Å². The van der Waals surface area contributed by atoms with Gasteiger partial charge in [-0.1, -0.05) is 11.3 Å². The van der Waals surface area contributed by atoms with E-state index in [0.29, 0.717) is 12.0 Å². The Morgan fingerprint density at radius 3 is 2.63 bits per heavy atom. The van der Waals surface area contributed by atoms with Crippen molar-refractivity contribution in [1.82, 2.24) is 4.98 Å². The van der Waals surface area contributed by atoms with Gasteiger partial charge >= 0.3 is 0 Å². The van der Waals surface area contributed by atoms with E-state index in [-0.39, 0.29) is 6.61 Å². The molecule has 2 aliphatic rings. The van der Waals surface area contributed by atoms with Crippen molar-refractivity contribution in [3.05, 3.63) is 10.6 Å². The van der Waals surface area contributed by atoms with Crippen LogP contribution in [0.4, 0.5) is 5.13 Å². The van der Waals surface area contributed by atoms with Gasteiger partial charge in [0, 0.05) is 25.6 Å². The largest absolute Gasteiger partial charge is 0.391 e. The molecule has 1 aromatic rings. The van der Waals surface area contributed by atoms with Crippen LogP contribution in [0.1, 0.15) is 49.1 Å². The van der Waals surface area contributed by atoms with Gasteiger partial charge in [0.05, 0.1) is 23.3 Å². The Labute approximate surface area is 118 Å². The summed E-state index contributed by atoms with van der Waals surface area (Å²) in [5, 5.41) is 10.5. The highest BCUT2D eigenvalue weighted by atomic mass is 32.1. The highest BCUT2D eigenvalue weighted by Crippen LogP contribution is 2.44. The number of aliphatic hydroxyl groups is 1. The second-order valence-corrected chi connectivity index (χ2v) is 6.44. The maximum atomic E-state index is 9.45. The van der Waals surface area contributed by atoms with Gasteiger partial charge in [0.25, 0.3) is 0 Å². The van der Waals surface area contributed by atoms with Crippen LogP contribution in [0, 0.1) is 0 Å². The minimum atomic E-state index is 0.138. The van der Waals surface area contributed by atoms with Gasteiger partial charge in [-0.2, -0.15) is 0 Å². The first-order valence-corrected chi connectivity index (χ1v) is 8.10. The molecule has 5 heteroatoms. The number of ether oxygens (including phenoxy) is 1. The van der Waals surface area contributed by atoms with Gasteiger partial charge in [-0.25, -0.2) is 4.98 Å². The quantitative estimate of drug-likeness (QED) is 0.901. The fourth-order valence-electron chi connectivity index (χ4n) is 2.72. The highest BCUT2D eigenvalue weighted by Gasteiger charge is 2.31. The number of rotatable bonds is 5. The lowest BCUT2D eigenvalue weighted by Crippen LogP contribution is -2.37. The summed E-state index contributed by atoms with van der Waals surface area (Å²) in [7, 11) is 0. The van der Waals surface area contributed by atoms with Crippen LogP contribution in [-0.4, -0.2) is 35.9 Å². The summed E-state index contributed by atoms with van der Waals surface area (Å²) in [6.07, 6.45) is 5.06. The van der Waals surface area contributed by atoms with E-state index in [0.717, 1.165) is 48.2 Å². The number of aromatic nitrogens is 1. The zero-order chi connectivity index (χ0) is 13.2. The van der Waals surface area contributed by atoms with Crippen molar-refractivity contribution >= 4 is 16.5 Å². The van der Waals surface area contributed by atoms with Crippen molar-refractivity contribution in [3.63, 3.8) is 0 Å². The fraction of sp³-hybridized carbons (Fsp3) is 0.786. The van der Waals surface area contributed by atoms with Crippen LogP contribution in [0.25, 0.3) is 0 Å². The number of hydrogen-bond donors (Lipinski definition) is 1. The Hall–Kier alpha value is -0.650. The smallest absolute Gasteiger partial charge is 0.185 e. The molecule has 0 aromatic carbocycles. The molecule has 0 unspecified atom stereocenters. The third kappa shape index (κ3) is 2.93. The molecular weight excluding hydrogens is 260 g/mol. The van der Waals surface area contributed by atoms with E-state index in [2.05, 4.69) is 11.8 Å². The molecule has 1 aliphatic heterocycles. The molecule has 3 rings (SSSR count). The van der Waals surface area contributed by atoms with Gasteiger partial charge in [-0.15, -0.1) is 0 Å². The first kappa shape index (κ1) is 13.3. The average Bonchev–Trinajstić information content (AvgIpc) is 3.19. The first-order chi connectivity index (χ1) is 9.31. The minimum absolute atomic E-state index is 0.138. The molecule has 0 amide bonds. The Balaban J connectivity index is 1.66. The summed E-state index contributed by atoms with van der Waals surface area (Å²) in [6, 6.07) is 0. The lowest BCUT2D eigenvalue weighted by atomic mass is 10.1. The first-order valence-electron chi connectivity index (χ1n) is 7.28. The van der Waals surface area contributed by atoms with Crippen molar-refractivity contribution in [2.45, 2.75) is 51.2 Å². The van der Waals surface area contributed by atoms with Crippen LogP contribution in [-0.2, 0) is 11.3 Å². The second kappa shape index (κ2) is 5.77. The minimum Gasteiger partial charge on any atom is -0.391 e. The molecule has 1 saturated carbocycles. The highest BCUT2D eigenvalue weighted by molar-refractivity contribution is 7.15. The van der Waals surface area contributed by atoms with Gasteiger partial charge in [-0.05, 0) is 32.6 Å². The summed E-state index contributed by atoms with van der Waals surface area (Å²) in [5.41, 5.74) is 1.16. The molecule has 1 aromatic heterocycles. The predicted molar refractivity (Wildman–Crippen MR) is 76.9 cm³/mol. The molecule has 1 saturated heterocycles. The van der Waals surface area contributed by atoms with Gasteiger partial charge in [-0.3, -0.25) is 0 Å². The SMILES string of the molecule is CCOC1CCN(c2nc(C3CC3)c(CO)s2)CC1. The van der Waals surface area contributed by atoms with E-state index >= 15 is 0 Å². The van der Waals surface area contributed by atoms with Crippen LogP contribution in [0.15, 0.2) is 0 Å². The zero-order valence-electron chi connectivity index (χ0n) is 11.5. The summed E-state index contributed by atoms with van der Waals surface area (Å²) in [4.78, 5) is 8.21. The van der Waals surface area contributed by atoms with Crippen LogP contribution in [0.5, 0.6) is 0 Å². The van der Waals surface area contributed by atoms with Crippen LogP contribution in [0.2, 0.25) is 0 Å². The molecule has 0 bridgehead atoms. The number of aliphatic hydroxyl groups excluding tert-OH is 1. The van der Waals surface area contributed by atoms with E-state index < -0.39 is 0 Å². The third-order valence-electron chi connectivity index (χ3n) is 3.94. The molecule has 2 heterocycles. The summed E-state index contributed by atoms with van der Waals surface area (Å²) in [6.45, 7) is 5.05. The Kier molecular flexibility index (Phi) is 4.05. The number of hydrogen-bond acceptors (Lipinski definition) is 5. The van der Waals surface area contributed by atoms with Crippen molar-refractivity contribution in [1.29, 1.82) is 0 Å². The molecule has 2 fully saturated rings. The number of anilines is 1. The molecular formula is C14H22N2O2S. The van der Waals surface area contributed by atoms with Crippen LogP contribution < -0.4 is 4.90 Å².